The first-order chi connectivity index (χ1) is 10.2. The molecule has 0 radical (unpaired) electrons. The van der Waals surface area contributed by atoms with E-state index in [1.807, 2.05) is 18.2 Å². The predicted molar refractivity (Wildman–Crippen MR) is 81.4 cm³/mol. The molecule has 0 aliphatic rings. The average Bonchev–Trinajstić information content (AvgIpc) is 2.49. The zero-order valence-corrected chi connectivity index (χ0v) is 11.6. The molecule has 0 saturated heterocycles. The highest BCUT2D eigenvalue weighted by Crippen LogP contribution is 2.19. The van der Waals surface area contributed by atoms with Gasteiger partial charge in [-0.2, -0.15) is 0 Å². The lowest BCUT2D eigenvalue weighted by Gasteiger charge is -2.09. The molecule has 2 aromatic rings. The standard InChI is InChI=1S/C16H18N2O3/c17-14-4-1-2-5-15(14)21-11-3-10-20-13-8-6-12(7-9-13)16(18)19/h1-2,4-9H,3,10-11,17H2,(H2,18,19). The molecule has 1 amide bonds. The van der Waals surface area contributed by atoms with Crippen LogP contribution in [-0.4, -0.2) is 19.1 Å². The second-order valence-corrected chi connectivity index (χ2v) is 4.48. The van der Waals surface area contributed by atoms with Crippen LogP contribution in [0.5, 0.6) is 11.5 Å². The Morgan fingerprint density at radius 3 is 2.29 bits per heavy atom. The Balaban J connectivity index is 1.70. The maximum Gasteiger partial charge on any atom is 0.248 e. The predicted octanol–water partition coefficient (Wildman–Crippen LogP) is 2.22. The summed E-state index contributed by atoms with van der Waals surface area (Å²) in [5.74, 6) is 0.929. The molecule has 0 bridgehead atoms. The molecule has 0 aliphatic heterocycles. The van der Waals surface area contributed by atoms with Crippen LogP contribution in [0.1, 0.15) is 16.8 Å². The van der Waals surface area contributed by atoms with E-state index < -0.39 is 5.91 Å². The third-order valence-electron chi connectivity index (χ3n) is 2.87. The number of para-hydroxylation sites is 2. The van der Waals surface area contributed by atoms with Crippen molar-refractivity contribution in [2.24, 2.45) is 5.73 Å². The number of anilines is 1. The third-order valence-corrected chi connectivity index (χ3v) is 2.87. The molecule has 2 rings (SSSR count). The van der Waals surface area contributed by atoms with E-state index in [9.17, 15) is 4.79 Å². The molecule has 0 aliphatic carbocycles. The Bertz CT molecular complexity index is 597. The Morgan fingerprint density at radius 2 is 1.62 bits per heavy atom. The highest BCUT2D eigenvalue weighted by molar-refractivity contribution is 5.92. The van der Waals surface area contributed by atoms with E-state index in [1.165, 1.54) is 0 Å². The van der Waals surface area contributed by atoms with Gasteiger partial charge >= 0.3 is 0 Å². The van der Waals surface area contributed by atoms with Gasteiger partial charge in [-0.3, -0.25) is 4.79 Å². The molecule has 0 unspecified atom stereocenters. The second-order valence-electron chi connectivity index (χ2n) is 4.48. The fourth-order valence-corrected chi connectivity index (χ4v) is 1.76. The number of nitrogens with two attached hydrogens (primary N) is 2. The van der Waals surface area contributed by atoms with Gasteiger partial charge in [-0.05, 0) is 36.4 Å². The fraction of sp³-hybridized carbons (Fsp3) is 0.188. The lowest BCUT2D eigenvalue weighted by atomic mass is 10.2. The third kappa shape index (κ3) is 4.42. The number of primary amides is 1. The van der Waals surface area contributed by atoms with Crippen LogP contribution in [0.2, 0.25) is 0 Å². The minimum absolute atomic E-state index is 0.449. The largest absolute Gasteiger partial charge is 0.493 e. The minimum Gasteiger partial charge on any atom is -0.493 e. The highest BCUT2D eigenvalue weighted by Gasteiger charge is 2.01. The summed E-state index contributed by atoms with van der Waals surface area (Å²) in [6, 6.07) is 14.1. The van der Waals surface area contributed by atoms with E-state index in [4.69, 9.17) is 20.9 Å². The van der Waals surface area contributed by atoms with Crippen molar-refractivity contribution in [1.82, 2.24) is 0 Å². The fourth-order valence-electron chi connectivity index (χ4n) is 1.76. The van der Waals surface area contributed by atoms with Gasteiger partial charge in [0.25, 0.3) is 0 Å². The van der Waals surface area contributed by atoms with E-state index in [0.717, 1.165) is 6.42 Å². The Hall–Kier alpha value is -2.69. The maximum absolute atomic E-state index is 10.9. The maximum atomic E-state index is 10.9. The van der Waals surface area contributed by atoms with Crippen molar-refractivity contribution in [2.45, 2.75) is 6.42 Å². The Labute approximate surface area is 123 Å². The van der Waals surface area contributed by atoms with Crippen molar-refractivity contribution in [3.63, 3.8) is 0 Å². The molecule has 110 valence electrons. The van der Waals surface area contributed by atoms with E-state index in [1.54, 1.807) is 30.3 Å². The van der Waals surface area contributed by atoms with Crippen LogP contribution in [0.25, 0.3) is 0 Å². The number of rotatable bonds is 7. The molecule has 0 aromatic heterocycles. The van der Waals surface area contributed by atoms with E-state index >= 15 is 0 Å². The minimum atomic E-state index is -0.449. The normalized spacial score (nSPS) is 10.1. The lowest BCUT2D eigenvalue weighted by molar-refractivity contribution is 0.100. The number of carbonyl (C=O) groups excluding carboxylic acids is 1. The van der Waals surface area contributed by atoms with Crippen molar-refractivity contribution >= 4 is 11.6 Å². The summed E-state index contributed by atoms with van der Waals surface area (Å²) < 4.78 is 11.1. The van der Waals surface area contributed by atoms with Gasteiger partial charge in [0.15, 0.2) is 0 Å². The smallest absolute Gasteiger partial charge is 0.248 e. The molecular formula is C16H18N2O3. The van der Waals surface area contributed by atoms with Crippen molar-refractivity contribution < 1.29 is 14.3 Å². The Morgan fingerprint density at radius 1 is 0.952 bits per heavy atom. The summed E-state index contributed by atoms with van der Waals surface area (Å²) in [5.41, 5.74) is 12.0. The molecule has 5 heteroatoms. The monoisotopic (exact) mass is 286 g/mol. The molecule has 0 fully saturated rings. The molecule has 21 heavy (non-hydrogen) atoms. The first-order valence-corrected chi connectivity index (χ1v) is 6.67. The van der Waals surface area contributed by atoms with Gasteiger partial charge in [-0.25, -0.2) is 0 Å². The van der Waals surface area contributed by atoms with Gasteiger partial charge in [-0.1, -0.05) is 12.1 Å². The van der Waals surface area contributed by atoms with Gasteiger partial charge in [-0.15, -0.1) is 0 Å². The van der Waals surface area contributed by atoms with E-state index in [2.05, 4.69) is 0 Å². The summed E-state index contributed by atoms with van der Waals surface area (Å²) in [7, 11) is 0. The van der Waals surface area contributed by atoms with E-state index in [-0.39, 0.29) is 0 Å². The zero-order valence-electron chi connectivity index (χ0n) is 11.6. The summed E-state index contributed by atoms with van der Waals surface area (Å²) in [6.45, 7) is 1.04. The number of hydrogen-bond acceptors (Lipinski definition) is 4. The molecule has 0 atom stereocenters. The van der Waals surface area contributed by atoms with Gasteiger partial charge < -0.3 is 20.9 Å². The summed E-state index contributed by atoms with van der Waals surface area (Å²) in [5, 5.41) is 0. The first-order valence-electron chi connectivity index (χ1n) is 6.67. The van der Waals surface area contributed by atoms with Gasteiger partial charge in [0.05, 0.1) is 18.9 Å². The van der Waals surface area contributed by atoms with Crippen LogP contribution in [-0.2, 0) is 0 Å². The quantitative estimate of drug-likeness (QED) is 0.603. The van der Waals surface area contributed by atoms with Crippen LogP contribution < -0.4 is 20.9 Å². The van der Waals surface area contributed by atoms with Crippen LogP contribution in [0.15, 0.2) is 48.5 Å². The van der Waals surface area contributed by atoms with Gasteiger partial charge in [0.1, 0.15) is 11.5 Å². The van der Waals surface area contributed by atoms with Crippen LogP contribution >= 0.6 is 0 Å². The molecule has 4 N–H and O–H groups in total. The highest BCUT2D eigenvalue weighted by atomic mass is 16.5. The molecule has 5 nitrogen and oxygen atoms in total. The second kappa shape index (κ2) is 7.19. The summed E-state index contributed by atoms with van der Waals surface area (Å²) in [4.78, 5) is 10.9. The van der Waals surface area contributed by atoms with Gasteiger partial charge in [0.2, 0.25) is 5.91 Å². The number of benzene rings is 2. The molecule has 2 aromatic carbocycles. The molecule has 0 spiro atoms. The summed E-state index contributed by atoms with van der Waals surface area (Å²) >= 11 is 0. The number of amides is 1. The molecule has 0 saturated carbocycles. The first kappa shape index (κ1) is 14.7. The summed E-state index contributed by atoms with van der Waals surface area (Å²) in [6.07, 6.45) is 0.728. The van der Waals surface area contributed by atoms with Crippen molar-refractivity contribution in [3.05, 3.63) is 54.1 Å². The van der Waals surface area contributed by atoms with Crippen molar-refractivity contribution in [2.75, 3.05) is 18.9 Å². The van der Waals surface area contributed by atoms with Crippen molar-refractivity contribution in [1.29, 1.82) is 0 Å². The number of ether oxygens (including phenoxy) is 2. The van der Waals surface area contributed by atoms with Crippen LogP contribution in [0, 0.1) is 0 Å². The van der Waals surface area contributed by atoms with Crippen LogP contribution in [0.4, 0.5) is 5.69 Å². The lowest BCUT2D eigenvalue weighted by Crippen LogP contribution is -2.10. The SMILES string of the molecule is NC(=O)c1ccc(OCCCOc2ccccc2N)cc1. The van der Waals surface area contributed by atoms with Crippen LogP contribution in [0.3, 0.4) is 0 Å². The number of carbonyl (C=O) groups is 1. The van der Waals surface area contributed by atoms with Crippen molar-refractivity contribution in [3.8, 4) is 11.5 Å². The topological polar surface area (TPSA) is 87.6 Å². The number of nitrogen functional groups attached to an aromatic ring is 1. The van der Waals surface area contributed by atoms with Gasteiger partial charge in [0, 0.05) is 12.0 Å². The Kier molecular flexibility index (Phi) is 5.04. The average molecular weight is 286 g/mol. The zero-order chi connectivity index (χ0) is 15.1. The molecular weight excluding hydrogens is 268 g/mol. The molecule has 0 heterocycles. The van der Waals surface area contributed by atoms with E-state index in [0.29, 0.717) is 36.0 Å². The number of hydrogen-bond donors (Lipinski definition) is 2.